The molecule has 4 N–H and O–H groups in total. The van der Waals surface area contributed by atoms with E-state index in [4.69, 9.17) is 4.74 Å². The van der Waals surface area contributed by atoms with Crippen molar-refractivity contribution in [3.63, 3.8) is 0 Å². The first kappa shape index (κ1) is 35.5. The average molecular weight is 658 g/mol. The predicted octanol–water partition coefficient (Wildman–Crippen LogP) is 3.27. The lowest BCUT2D eigenvalue weighted by Crippen LogP contribution is -2.61. The van der Waals surface area contributed by atoms with Crippen LogP contribution in [0.4, 0.5) is 0 Å². The lowest BCUT2D eigenvalue weighted by atomic mass is 9.91. The number of carbonyl (C=O) groups excluding carboxylic acids is 2. The number of piperazine rings is 1. The van der Waals surface area contributed by atoms with Gasteiger partial charge >= 0.3 is 0 Å². The maximum atomic E-state index is 13.9. The number of hydrogen-bond donors (Lipinski definition) is 4. The normalized spacial score (nSPS) is 21.2. The van der Waals surface area contributed by atoms with Gasteiger partial charge in [-0.05, 0) is 62.8 Å². The summed E-state index contributed by atoms with van der Waals surface area (Å²) < 4.78 is 5.48. The van der Waals surface area contributed by atoms with Gasteiger partial charge in [-0.3, -0.25) is 19.4 Å². The summed E-state index contributed by atoms with van der Waals surface area (Å²) in [4.78, 5) is 36.2. The van der Waals surface area contributed by atoms with Crippen LogP contribution in [0.3, 0.4) is 0 Å². The molecule has 2 aliphatic rings. The van der Waals surface area contributed by atoms with E-state index in [0.717, 1.165) is 22.3 Å². The number of ether oxygens (including phenoxy) is 1. The minimum absolute atomic E-state index is 0.0864. The molecule has 2 amide bonds. The van der Waals surface area contributed by atoms with Gasteiger partial charge in [0.05, 0.1) is 24.9 Å². The van der Waals surface area contributed by atoms with Gasteiger partial charge in [0.1, 0.15) is 6.04 Å². The minimum atomic E-state index is -0.850. The molecule has 1 aromatic heterocycles. The molecule has 10 heteroatoms. The SMILES string of the molecule is CCOc1ccc(CN2CCN(C[C@@H](O)C[C@H](Cc3ccccc3)C(=O)N[C@H]3c4ccccc4C[C@H]3O)[C@H](C(=O)NC(C)(C)C)C2)cn1. The number of carbonyl (C=O) groups is 2. The third kappa shape index (κ3) is 9.63. The molecule has 1 fully saturated rings. The van der Waals surface area contributed by atoms with Crippen molar-refractivity contribution in [3.05, 3.63) is 95.2 Å². The van der Waals surface area contributed by atoms with E-state index < -0.39 is 35.7 Å². The van der Waals surface area contributed by atoms with Crippen molar-refractivity contribution in [2.75, 3.05) is 32.8 Å². The summed E-state index contributed by atoms with van der Waals surface area (Å²) in [6.07, 6.45) is 1.42. The highest BCUT2D eigenvalue weighted by Crippen LogP contribution is 2.32. The number of nitrogens with zero attached hydrogens (tertiary/aromatic N) is 3. The van der Waals surface area contributed by atoms with E-state index in [2.05, 4.69) is 20.5 Å². The molecule has 5 atom stereocenters. The minimum Gasteiger partial charge on any atom is -0.478 e. The van der Waals surface area contributed by atoms with E-state index in [1.54, 1.807) is 0 Å². The number of aliphatic hydroxyl groups is 2. The number of nitrogens with one attached hydrogen (secondary N) is 2. The van der Waals surface area contributed by atoms with E-state index in [0.29, 0.717) is 51.5 Å². The molecule has 0 saturated carbocycles. The lowest BCUT2D eigenvalue weighted by Gasteiger charge is -2.42. The van der Waals surface area contributed by atoms with Crippen molar-refractivity contribution in [2.24, 2.45) is 5.92 Å². The summed E-state index contributed by atoms with van der Waals surface area (Å²) in [5.41, 5.74) is 3.59. The quantitative estimate of drug-likeness (QED) is 0.221. The van der Waals surface area contributed by atoms with Crippen molar-refractivity contribution in [3.8, 4) is 5.88 Å². The zero-order chi connectivity index (χ0) is 34.3. The number of aromatic nitrogens is 1. The molecule has 0 radical (unpaired) electrons. The van der Waals surface area contributed by atoms with Gasteiger partial charge in [-0.25, -0.2) is 4.98 Å². The molecular weight excluding hydrogens is 606 g/mol. The number of aliphatic hydroxyl groups excluding tert-OH is 2. The predicted molar refractivity (Wildman–Crippen MR) is 185 cm³/mol. The van der Waals surface area contributed by atoms with Gasteiger partial charge in [-0.15, -0.1) is 0 Å². The van der Waals surface area contributed by atoms with Gasteiger partial charge in [0, 0.05) is 62.9 Å². The molecule has 0 unspecified atom stereocenters. The molecule has 2 aromatic carbocycles. The average Bonchev–Trinajstić information content (AvgIpc) is 3.36. The van der Waals surface area contributed by atoms with Gasteiger partial charge in [0.15, 0.2) is 0 Å². The topological polar surface area (TPSA) is 127 Å². The fourth-order valence-corrected chi connectivity index (χ4v) is 6.81. The van der Waals surface area contributed by atoms with Crippen LogP contribution >= 0.6 is 0 Å². The van der Waals surface area contributed by atoms with Gasteiger partial charge in [0.25, 0.3) is 0 Å². The van der Waals surface area contributed by atoms with Crippen molar-refractivity contribution >= 4 is 11.8 Å². The summed E-state index contributed by atoms with van der Waals surface area (Å²) in [6, 6.07) is 20.5. The molecule has 1 saturated heterocycles. The Labute approximate surface area is 284 Å². The lowest BCUT2D eigenvalue weighted by molar-refractivity contribution is -0.132. The van der Waals surface area contributed by atoms with Crippen LogP contribution in [-0.2, 0) is 29.0 Å². The number of β-amino-alcohol motifs (C(OH)–C–C–N with tert-alkyl or cyclic N) is 1. The molecule has 0 bridgehead atoms. The molecule has 3 aromatic rings. The second-order valence-electron chi connectivity index (χ2n) is 14.2. The van der Waals surface area contributed by atoms with E-state index >= 15 is 0 Å². The number of rotatable bonds is 13. The van der Waals surface area contributed by atoms with Crippen LogP contribution in [0.1, 0.15) is 62.4 Å². The molecule has 0 spiro atoms. The Hall–Kier alpha value is -3.83. The van der Waals surface area contributed by atoms with Crippen LogP contribution in [0.2, 0.25) is 0 Å². The van der Waals surface area contributed by atoms with Gasteiger partial charge in [-0.2, -0.15) is 0 Å². The van der Waals surface area contributed by atoms with Crippen molar-refractivity contribution < 1.29 is 24.5 Å². The van der Waals surface area contributed by atoms with Crippen molar-refractivity contribution in [1.29, 1.82) is 0 Å². The highest BCUT2D eigenvalue weighted by atomic mass is 16.5. The highest BCUT2D eigenvalue weighted by Gasteiger charge is 2.37. The number of hydrogen-bond acceptors (Lipinski definition) is 8. The molecule has 2 heterocycles. The molecular formula is C38H51N5O5. The van der Waals surface area contributed by atoms with Gasteiger partial charge in [0.2, 0.25) is 17.7 Å². The molecule has 258 valence electrons. The Morgan fingerprint density at radius 2 is 1.77 bits per heavy atom. The van der Waals surface area contributed by atoms with E-state index in [1.807, 2.05) is 106 Å². The molecule has 1 aliphatic heterocycles. The van der Waals surface area contributed by atoms with Crippen molar-refractivity contribution in [1.82, 2.24) is 25.4 Å². The van der Waals surface area contributed by atoms with Crippen LogP contribution in [-0.4, -0.2) is 93.4 Å². The van der Waals surface area contributed by atoms with E-state index in [9.17, 15) is 19.8 Å². The zero-order valence-electron chi connectivity index (χ0n) is 28.6. The first-order valence-electron chi connectivity index (χ1n) is 17.1. The maximum Gasteiger partial charge on any atom is 0.239 e. The monoisotopic (exact) mass is 657 g/mol. The van der Waals surface area contributed by atoms with E-state index in [1.165, 1.54) is 0 Å². The summed E-state index contributed by atoms with van der Waals surface area (Å²) in [5.74, 6) is -0.227. The largest absolute Gasteiger partial charge is 0.478 e. The number of benzene rings is 2. The van der Waals surface area contributed by atoms with Gasteiger partial charge in [-0.1, -0.05) is 60.7 Å². The van der Waals surface area contributed by atoms with Crippen molar-refractivity contribution in [2.45, 2.75) is 83.3 Å². The third-order valence-corrected chi connectivity index (χ3v) is 9.07. The molecule has 5 rings (SSSR count). The Kier molecular flexibility index (Phi) is 11.9. The first-order chi connectivity index (χ1) is 23.0. The Morgan fingerprint density at radius 3 is 2.48 bits per heavy atom. The Morgan fingerprint density at radius 1 is 1.02 bits per heavy atom. The number of amides is 2. The third-order valence-electron chi connectivity index (χ3n) is 9.07. The Bertz CT molecular complexity index is 1500. The van der Waals surface area contributed by atoms with Crippen LogP contribution in [0.5, 0.6) is 5.88 Å². The van der Waals surface area contributed by atoms with E-state index in [-0.39, 0.29) is 24.8 Å². The maximum absolute atomic E-state index is 13.9. The number of fused-ring (bicyclic) bond motifs is 1. The zero-order valence-corrected chi connectivity index (χ0v) is 28.6. The van der Waals surface area contributed by atoms with Crippen LogP contribution < -0.4 is 15.4 Å². The standard InChI is InChI=1S/C38H51N5O5/c1-5-48-34-16-15-27(22-39-34)23-42-17-18-43(32(25-42)37(47)41-38(2,3)4)24-30(44)20-29(19-26-11-7-6-8-12-26)36(46)40-35-31-14-10-9-13-28(31)21-33(35)45/h6-16,22,29-30,32-33,35,44-45H,5,17-21,23-25H2,1-4H3,(H,40,46)(H,41,47)/t29-,30-,32-,33+,35-/m0/s1. The molecule has 10 nitrogen and oxygen atoms in total. The highest BCUT2D eigenvalue weighted by molar-refractivity contribution is 5.83. The van der Waals surface area contributed by atoms with Crippen LogP contribution in [0.25, 0.3) is 0 Å². The van der Waals surface area contributed by atoms with Crippen LogP contribution in [0, 0.1) is 5.92 Å². The summed E-state index contributed by atoms with van der Waals surface area (Å²) in [6.45, 7) is 11.1. The second-order valence-corrected chi connectivity index (χ2v) is 14.2. The fraction of sp³-hybridized carbons (Fsp3) is 0.500. The van der Waals surface area contributed by atoms with Crippen LogP contribution in [0.15, 0.2) is 72.9 Å². The fourth-order valence-electron chi connectivity index (χ4n) is 6.81. The summed E-state index contributed by atoms with van der Waals surface area (Å²) >= 11 is 0. The smallest absolute Gasteiger partial charge is 0.239 e. The van der Waals surface area contributed by atoms with Gasteiger partial charge < -0.3 is 25.6 Å². The second kappa shape index (κ2) is 16.0. The molecule has 1 aliphatic carbocycles. The summed E-state index contributed by atoms with van der Waals surface area (Å²) in [5, 5.41) is 28.6. The first-order valence-corrected chi connectivity index (χ1v) is 17.1. The number of pyridine rings is 1. The molecule has 48 heavy (non-hydrogen) atoms. The Balaban J connectivity index is 1.27. The summed E-state index contributed by atoms with van der Waals surface area (Å²) in [7, 11) is 0.